The number of oxime groups is 1. The lowest BCUT2D eigenvalue weighted by atomic mass is 10.0. The first-order chi connectivity index (χ1) is 14.5. The molecule has 2 aliphatic rings. The Labute approximate surface area is 171 Å². The van der Waals surface area contributed by atoms with Crippen molar-refractivity contribution in [2.24, 2.45) is 17.9 Å². The Morgan fingerprint density at radius 2 is 2.13 bits per heavy atom. The van der Waals surface area contributed by atoms with E-state index in [0.29, 0.717) is 30.5 Å². The van der Waals surface area contributed by atoms with Crippen molar-refractivity contribution in [3.8, 4) is 0 Å². The number of aryl methyl sites for hydroxylation is 1. The first-order valence-electron chi connectivity index (χ1n) is 10.00. The molecule has 0 aliphatic carbocycles. The number of nitrogens with two attached hydrogens (primary N) is 1. The van der Waals surface area contributed by atoms with Crippen LogP contribution in [0.4, 0.5) is 5.95 Å². The predicted octanol–water partition coefficient (Wildman–Crippen LogP) is 0.285. The zero-order valence-corrected chi connectivity index (χ0v) is 16.7. The molecule has 0 spiro atoms. The number of rotatable bonds is 3. The van der Waals surface area contributed by atoms with E-state index in [-0.39, 0.29) is 18.1 Å². The quantitative estimate of drug-likeness (QED) is 0.641. The maximum absolute atomic E-state index is 13.2. The van der Waals surface area contributed by atoms with Crippen LogP contribution in [0.1, 0.15) is 24.0 Å². The van der Waals surface area contributed by atoms with Crippen LogP contribution in [0.25, 0.3) is 11.2 Å². The van der Waals surface area contributed by atoms with Crippen molar-refractivity contribution >= 4 is 22.8 Å². The minimum absolute atomic E-state index is 0.0153. The molecule has 1 saturated heterocycles. The number of fused-ring (bicyclic) bond motifs is 2. The zero-order valence-electron chi connectivity index (χ0n) is 16.7. The van der Waals surface area contributed by atoms with Crippen molar-refractivity contribution < 1.29 is 4.84 Å². The molecule has 1 aromatic carbocycles. The van der Waals surface area contributed by atoms with Crippen LogP contribution in [0, 0.1) is 0 Å². The SMILES string of the molecule is Cn1c(=O)n(CC2=NOCc3ccccc32)c(=O)c2[nH]c(N3CCCC(N)C3)nc21. The van der Waals surface area contributed by atoms with Gasteiger partial charge in [0.2, 0.25) is 5.95 Å². The number of hydrogen-bond acceptors (Lipinski definition) is 7. The second-order valence-electron chi connectivity index (χ2n) is 7.81. The molecule has 2 aliphatic heterocycles. The smallest absolute Gasteiger partial charge is 0.332 e. The highest BCUT2D eigenvalue weighted by Gasteiger charge is 2.24. The molecular weight excluding hydrogens is 386 g/mol. The van der Waals surface area contributed by atoms with Gasteiger partial charge in [0.15, 0.2) is 11.2 Å². The summed E-state index contributed by atoms with van der Waals surface area (Å²) in [5.74, 6) is 0.564. The Kier molecular flexibility index (Phi) is 4.43. The Balaban J connectivity index is 1.58. The highest BCUT2D eigenvalue weighted by Crippen LogP contribution is 2.19. The monoisotopic (exact) mass is 409 g/mol. The summed E-state index contributed by atoms with van der Waals surface area (Å²) in [7, 11) is 1.61. The number of aromatic amines is 1. The van der Waals surface area contributed by atoms with Gasteiger partial charge in [-0.25, -0.2) is 4.79 Å². The van der Waals surface area contributed by atoms with Crippen LogP contribution in [-0.4, -0.2) is 43.9 Å². The fourth-order valence-electron chi connectivity index (χ4n) is 4.15. The van der Waals surface area contributed by atoms with Crippen LogP contribution in [-0.2, 0) is 25.0 Å². The van der Waals surface area contributed by atoms with Crippen LogP contribution in [0.2, 0.25) is 0 Å². The maximum Gasteiger partial charge on any atom is 0.332 e. The molecule has 1 unspecified atom stereocenters. The number of anilines is 1. The van der Waals surface area contributed by atoms with E-state index in [1.54, 1.807) is 7.05 Å². The molecule has 0 saturated carbocycles. The van der Waals surface area contributed by atoms with Crippen molar-refractivity contribution in [3.63, 3.8) is 0 Å². The molecule has 10 heteroatoms. The molecule has 10 nitrogen and oxygen atoms in total. The van der Waals surface area contributed by atoms with E-state index in [9.17, 15) is 9.59 Å². The summed E-state index contributed by atoms with van der Waals surface area (Å²) >= 11 is 0. The number of piperidine rings is 1. The lowest BCUT2D eigenvalue weighted by Gasteiger charge is -2.30. The van der Waals surface area contributed by atoms with Gasteiger partial charge in [-0.3, -0.25) is 13.9 Å². The van der Waals surface area contributed by atoms with Crippen molar-refractivity contribution in [1.29, 1.82) is 0 Å². The highest BCUT2D eigenvalue weighted by atomic mass is 16.6. The minimum Gasteiger partial charge on any atom is -0.391 e. The van der Waals surface area contributed by atoms with Gasteiger partial charge in [-0.15, -0.1) is 0 Å². The Morgan fingerprint density at radius 1 is 1.30 bits per heavy atom. The summed E-state index contributed by atoms with van der Waals surface area (Å²) in [6, 6.07) is 7.74. The topological polar surface area (TPSA) is 124 Å². The molecule has 156 valence electrons. The third-order valence-electron chi connectivity index (χ3n) is 5.76. The molecule has 30 heavy (non-hydrogen) atoms. The second-order valence-corrected chi connectivity index (χ2v) is 7.81. The summed E-state index contributed by atoms with van der Waals surface area (Å²) in [4.78, 5) is 41.1. The van der Waals surface area contributed by atoms with Gasteiger partial charge in [0.1, 0.15) is 12.3 Å². The van der Waals surface area contributed by atoms with Gasteiger partial charge in [-0.1, -0.05) is 29.4 Å². The summed E-state index contributed by atoms with van der Waals surface area (Å²) in [6.07, 6.45) is 1.92. The normalized spacial score (nSPS) is 18.8. The van der Waals surface area contributed by atoms with Gasteiger partial charge >= 0.3 is 5.69 Å². The van der Waals surface area contributed by atoms with E-state index in [0.717, 1.165) is 35.1 Å². The largest absolute Gasteiger partial charge is 0.391 e. The minimum atomic E-state index is -0.452. The molecule has 3 aromatic rings. The van der Waals surface area contributed by atoms with Crippen LogP contribution in [0.3, 0.4) is 0 Å². The summed E-state index contributed by atoms with van der Waals surface area (Å²) in [5, 5.41) is 4.11. The summed E-state index contributed by atoms with van der Waals surface area (Å²) < 4.78 is 2.55. The van der Waals surface area contributed by atoms with Gasteiger partial charge in [0.25, 0.3) is 5.56 Å². The molecule has 5 rings (SSSR count). The van der Waals surface area contributed by atoms with Crippen molar-refractivity contribution in [2.75, 3.05) is 18.0 Å². The fraction of sp³-hybridized carbons (Fsp3) is 0.400. The lowest BCUT2D eigenvalue weighted by molar-refractivity contribution is 0.125. The Morgan fingerprint density at radius 3 is 2.97 bits per heavy atom. The first kappa shape index (κ1) is 18.6. The lowest BCUT2D eigenvalue weighted by Crippen LogP contribution is -2.43. The Hall–Kier alpha value is -3.40. The number of benzene rings is 1. The average molecular weight is 409 g/mol. The third kappa shape index (κ3) is 3.00. The number of aromatic nitrogens is 4. The van der Waals surface area contributed by atoms with Crippen molar-refractivity contribution in [1.82, 2.24) is 19.1 Å². The number of nitrogens with zero attached hydrogens (tertiary/aromatic N) is 5. The zero-order chi connectivity index (χ0) is 20.8. The van der Waals surface area contributed by atoms with Crippen LogP contribution in [0.5, 0.6) is 0 Å². The molecule has 4 heterocycles. The van der Waals surface area contributed by atoms with Gasteiger partial charge in [0.05, 0.1) is 6.54 Å². The number of imidazole rings is 1. The second kappa shape index (κ2) is 7.13. The van der Waals surface area contributed by atoms with Crippen LogP contribution >= 0.6 is 0 Å². The highest BCUT2D eigenvalue weighted by molar-refractivity contribution is 6.01. The summed E-state index contributed by atoms with van der Waals surface area (Å²) in [5.41, 5.74) is 8.20. The maximum atomic E-state index is 13.2. The molecule has 3 N–H and O–H groups in total. The number of hydrogen-bond donors (Lipinski definition) is 2. The van der Waals surface area contributed by atoms with E-state index in [4.69, 9.17) is 10.6 Å². The van der Waals surface area contributed by atoms with Crippen molar-refractivity contribution in [2.45, 2.75) is 32.0 Å². The third-order valence-corrected chi connectivity index (χ3v) is 5.76. The van der Waals surface area contributed by atoms with Gasteiger partial charge < -0.3 is 20.5 Å². The predicted molar refractivity (Wildman–Crippen MR) is 113 cm³/mol. The van der Waals surface area contributed by atoms with Crippen LogP contribution in [0.15, 0.2) is 39.0 Å². The molecule has 2 aromatic heterocycles. The van der Waals surface area contributed by atoms with Gasteiger partial charge in [-0.2, -0.15) is 4.98 Å². The van der Waals surface area contributed by atoms with E-state index in [1.807, 2.05) is 29.2 Å². The fourth-order valence-corrected chi connectivity index (χ4v) is 4.15. The van der Waals surface area contributed by atoms with Crippen LogP contribution < -0.4 is 21.9 Å². The van der Waals surface area contributed by atoms with Gasteiger partial charge in [-0.05, 0) is 12.8 Å². The van der Waals surface area contributed by atoms with E-state index < -0.39 is 11.2 Å². The van der Waals surface area contributed by atoms with E-state index in [2.05, 4.69) is 15.1 Å². The first-order valence-corrected chi connectivity index (χ1v) is 10.00. The van der Waals surface area contributed by atoms with E-state index >= 15 is 0 Å². The molecule has 0 amide bonds. The molecule has 1 fully saturated rings. The number of H-pyrrole nitrogens is 1. The average Bonchev–Trinajstić information content (AvgIpc) is 3.21. The number of nitrogens with one attached hydrogen (secondary N) is 1. The Bertz CT molecular complexity index is 1270. The standard InChI is InChI=1S/C20H23N7O3/c1-25-17-16(22-19(23-17)26-8-4-6-13(21)9-26)18(28)27(20(25)29)10-15-14-7-3-2-5-12(14)11-30-24-15/h2-3,5,7,13H,4,6,8-11,21H2,1H3,(H,22,23). The summed E-state index contributed by atoms with van der Waals surface area (Å²) in [6.45, 7) is 1.85. The van der Waals surface area contributed by atoms with E-state index in [1.165, 1.54) is 4.57 Å². The molecular formula is C20H23N7O3. The molecule has 0 bridgehead atoms. The van der Waals surface area contributed by atoms with Gasteiger partial charge in [0, 0.05) is 37.3 Å². The van der Waals surface area contributed by atoms with Crippen molar-refractivity contribution in [3.05, 3.63) is 56.2 Å². The molecule has 1 atom stereocenters. The molecule has 0 radical (unpaired) electrons.